The van der Waals surface area contributed by atoms with Crippen molar-refractivity contribution in [2.24, 2.45) is 0 Å². The van der Waals surface area contributed by atoms with Crippen molar-refractivity contribution in [3.8, 4) is 5.75 Å². The van der Waals surface area contributed by atoms with Gasteiger partial charge < -0.3 is 19.4 Å². The largest absolute Gasteiger partial charge is 0.489 e. The Morgan fingerprint density at radius 3 is 2.44 bits per heavy atom. The first-order chi connectivity index (χ1) is 19.3. The lowest BCUT2D eigenvalue weighted by atomic mass is 9.75. The number of aliphatic hydroxyl groups is 2. The zero-order chi connectivity index (χ0) is 30.0. The topological polar surface area (TPSA) is 76.0 Å². The summed E-state index contributed by atoms with van der Waals surface area (Å²) in [6.07, 6.45) is 4.74. The second kappa shape index (κ2) is 12.8. The fourth-order valence-electron chi connectivity index (χ4n) is 5.93. The summed E-state index contributed by atoms with van der Waals surface area (Å²) < 4.78 is 13.8. The van der Waals surface area contributed by atoms with Gasteiger partial charge in [-0.15, -0.1) is 0 Å². The summed E-state index contributed by atoms with van der Waals surface area (Å²) in [5, 5.41) is 23.7. The van der Waals surface area contributed by atoms with Crippen LogP contribution in [0.25, 0.3) is 0 Å². The molecule has 2 aliphatic rings. The van der Waals surface area contributed by atoms with Gasteiger partial charge in [0.2, 0.25) is 0 Å². The summed E-state index contributed by atoms with van der Waals surface area (Å²) in [7, 11) is -2.00. The van der Waals surface area contributed by atoms with Crippen LogP contribution in [0.15, 0.2) is 58.1 Å². The van der Waals surface area contributed by atoms with Gasteiger partial charge >= 0.3 is 0 Å². The molecule has 0 spiro atoms. The zero-order valence-corrected chi connectivity index (χ0v) is 28.1. The van der Waals surface area contributed by atoms with Gasteiger partial charge in [0.05, 0.1) is 0 Å². The molecule has 2 aromatic rings. The van der Waals surface area contributed by atoms with Gasteiger partial charge in [-0.3, -0.25) is 4.79 Å². The molecule has 0 aliphatic heterocycles. The Morgan fingerprint density at radius 2 is 1.78 bits per heavy atom. The Hall–Kier alpha value is -1.77. The molecule has 0 amide bonds. The van der Waals surface area contributed by atoms with Gasteiger partial charge in [0, 0.05) is 45.7 Å². The lowest BCUT2D eigenvalue weighted by molar-refractivity contribution is -0.117. The molecule has 0 aromatic heterocycles. The minimum atomic E-state index is -2.00. The summed E-state index contributed by atoms with van der Waals surface area (Å²) >= 11 is 3.63. The molecule has 5 nitrogen and oxygen atoms in total. The maximum Gasteiger partial charge on any atom is 0.192 e. The highest BCUT2D eigenvalue weighted by Crippen LogP contribution is 2.52. The van der Waals surface area contributed by atoms with E-state index in [9.17, 15) is 15.0 Å². The van der Waals surface area contributed by atoms with E-state index in [4.69, 9.17) is 9.16 Å². The fraction of sp³-hybridized carbons (Fsp3) is 0.559. The van der Waals surface area contributed by atoms with Crippen molar-refractivity contribution in [3.05, 3.63) is 74.8 Å². The van der Waals surface area contributed by atoms with E-state index in [0.29, 0.717) is 41.9 Å². The number of fused-ring (bicyclic) bond motifs is 2. The van der Waals surface area contributed by atoms with Crippen molar-refractivity contribution in [2.45, 2.75) is 122 Å². The predicted octanol–water partition coefficient (Wildman–Crippen LogP) is 8.37. The SMILES string of the molecule is CCCCC[C@@H](CCC1=C2C(O)c3c(Br)ccc(OCc4ccccc4)c3CC2(O)CC1=O)O[Si](C)(C)C(C)(C)C. The Bertz CT molecular complexity index is 1270. The van der Waals surface area contributed by atoms with Crippen molar-refractivity contribution < 1.29 is 24.2 Å². The van der Waals surface area contributed by atoms with E-state index in [1.807, 2.05) is 42.5 Å². The monoisotopic (exact) mass is 642 g/mol. The maximum atomic E-state index is 13.4. The van der Waals surface area contributed by atoms with Crippen LogP contribution in [0.5, 0.6) is 5.75 Å². The minimum Gasteiger partial charge on any atom is -0.489 e. The molecule has 0 saturated carbocycles. The van der Waals surface area contributed by atoms with Crippen molar-refractivity contribution in [3.63, 3.8) is 0 Å². The van der Waals surface area contributed by atoms with Crippen LogP contribution in [-0.4, -0.2) is 36.0 Å². The molecule has 0 radical (unpaired) electrons. The number of Topliss-reactive ketones (excluding diaryl/α,β-unsaturated/α-hetero) is 1. The van der Waals surface area contributed by atoms with Gasteiger partial charge in [0.25, 0.3) is 0 Å². The zero-order valence-electron chi connectivity index (χ0n) is 25.6. The van der Waals surface area contributed by atoms with Gasteiger partial charge in [-0.25, -0.2) is 0 Å². The number of carbonyl (C=O) groups is 1. The highest BCUT2D eigenvalue weighted by Gasteiger charge is 2.51. The number of ketones is 1. The molecular formula is C34H47BrO5Si. The van der Waals surface area contributed by atoms with Gasteiger partial charge in [0.1, 0.15) is 24.1 Å². The van der Waals surface area contributed by atoms with Gasteiger partial charge in [-0.1, -0.05) is 93.2 Å². The summed E-state index contributed by atoms with van der Waals surface area (Å²) in [5.41, 5.74) is 2.10. The summed E-state index contributed by atoms with van der Waals surface area (Å²) in [4.78, 5) is 13.4. The molecule has 7 heteroatoms. The van der Waals surface area contributed by atoms with Crippen molar-refractivity contribution in [1.82, 2.24) is 0 Å². The first-order valence-corrected chi connectivity index (χ1v) is 18.8. The summed E-state index contributed by atoms with van der Waals surface area (Å²) in [5.74, 6) is 0.551. The lowest BCUT2D eigenvalue weighted by Crippen LogP contribution is -2.44. The van der Waals surface area contributed by atoms with Crippen LogP contribution in [0.2, 0.25) is 18.1 Å². The molecule has 0 bridgehead atoms. The van der Waals surface area contributed by atoms with Crippen molar-refractivity contribution >= 4 is 30.0 Å². The fourth-order valence-corrected chi connectivity index (χ4v) is 7.95. The molecule has 224 valence electrons. The smallest absolute Gasteiger partial charge is 0.192 e. The average Bonchev–Trinajstić information content (AvgIpc) is 3.15. The van der Waals surface area contributed by atoms with Crippen LogP contribution < -0.4 is 4.74 Å². The number of benzene rings is 2. The molecule has 0 fully saturated rings. The quantitative estimate of drug-likeness (QED) is 0.180. The first-order valence-electron chi connectivity index (χ1n) is 15.1. The third-order valence-corrected chi connectivity index (χ3v) is 14.5. The van der Waals surface area contributed by atoms with E-state index in [1.54, 1.807) is 0 Å². The maximum absolute atomic E-state index is 13.4. The van der Waals surface area contributed by atoms with Gasteiger partial charge in [-0.2, -0.15) is 0 Å². The Kier molecular flexibility index (Phi) is 10.1. The van der Waals surface area contributed by atoms with Crippen LogP contribution in [0.1, 0.15) is 95.4 Å². The van der Waals surface area contributed by atoms with Crippen molar-refractivity contribution in [2.75, 3.05) is 0 Å². The molecule has 0 saturated heterocycles. The Morgan fingerprint density at radius 1 is 1.07 bits per heavy atom. The molecule has 3 atom stereocenters. The normalized spacial score (nSPS) is 21.6. The van der Waals surface area contributed by atoms with Crippen LogP contribution in [0.3, 0.4) is 0 Å². The van der Waals surface area contributed by atoms with Crippen LogP contribution in [0.4, 0.5) is 0 Å². The second-order valence-electron chi connectivity index (χ2n) is 13.3. The summed E-state index contributed by atoms with van der Waals surface area (Å²) in [6, 6.07) is 13.6. The average molecular weight is 644 g/mol. The Balaban J connectivity index is 1.61. The van der Waals surface area contributed by atoms with E-state index >= 15 is 0 Å². The Labute approximate surface area is 255 Å². The van der Waals surface area contributed by atoms with Crippen LogP contribution in [-0.2, 0) is 22.2 Å². The van der Waals surface area contributed by atoms with E-state index in [-0.39, 0.29) is 29.8 Å². The lowest BCUT2D eigenvalue weighted by Gasteiger charge is -2.39. The molecular weight excluding hydrogens is 596 g/mol. The highest BCUT2D eigenvalue weighted by molar-refractivity contribution is 9.10. The minimum absolute atomic E-state index is 0.0115. The molecule has 41 heavy (non-hydrogen) atoms. The number of halogens is 1. The number of aliphatic hydroxyl groups excluding tert-OH is 1. The number of hydrogen-bond donors (Lipinski definition) is 2. The van der Waals surface area contributed by atoms with E-state index < -0.39 is 20.0 Å². The molecule has 0 heterocycles. The number of ether oxygens (including phenoxy) is 1. The highest BCUT2D eigenvalue weighted by atomic mass is 79.9. The molecule has 2 N–H and O–H groups in total. The number of rotatable bonds is 12. The molecule has 2 unspecified atom stereocenters. The number of carbonyl (C=O) groups excluding carboxylic acids is 1. The first kappa shape index (κ1) is 32.1. The van der Waals surface area contributed by atoms with Crippen molar-refractivity contribution in [1.29, 1.82) is 0 Å². The number of allylic oxidation sites excluding steroid dienone is 1. The number of hydrogen-bond acceptors (Lipinski definition) is 5. The standard InChI is InChI=1S/C34H47BrO5Si/c1-7-8-10-15-24(40-41(5,6)33(2,3)4)16-17-25-28(36)21-34(38)20-26-29(39-22-23-13-11-9-12-14-23)19-18-27(35)30(26)32(37)31(25)34/h9,11-14,18-19,24,32,37-38H,7-8,10,15-17,20-22H2,1-6H3/t24-,32?,34?/m0/s1. The van der Waals surface area contributed by atoms with Crippen LogP contribution in [0, 0.1) is 0 Å². The molecule has 2 aromatic carbocycles. The predicted molar refractivity (Wildman–Crippen MR) is 171 cm³/mol. The molecule has 4 rings (SSSR count). The van der Waals surface area contributed by atoms with Gasteiger partial charge in [-0.05, 0) is 55.1 Å². The van der Waals surface area contributed by atoms with Crippen LogP contribution >= 0.6 is 15.9 Å². The van der Waals surface area contributed by atoms with E-state index in [2.05, 4.69) is 56.7 Å². The van der Waals surface area contributed by atoms with E-state index in [0.717, 1.165) is 41.3 Å². The number of unbranched alkanes of at least 4 members (excludes halogenated alkanes) is 2. The van der Waals surface area contributed by atoms with Gasteiger partial charge in [0.15, 0.2) is 14.1 Å². The van der Waals surface area contributed by atoms with E-state index in [1.165, 1.54) is 0 Å². The summed E-state index contributed by atoms with van der Waals surface area (Å²) in [6.45, 7) is 13.9. The third-order valence-electron chi connectivity index (χ3n) is 9.24. The third kappa shape index (κ3) is 7.07. The second-order valence-corrected chi connectivity index (χ2v) is 19.0. The molecule has 2 aliphatic carbocycles.